The first-order valence-electron chi connectivity index (χ1n) is 10.4. The third-order valence-electron chi connectivity index (χ3n) is 5.53. The van der Waals surface area contributed by atoms with E-state index in [1.54, 1.807) is 12.1 Å². The van der Waals surface area contributed by atoms with Gasteiger partial charge in [0.1, 0.15) is 5.75 Å². The van der Waals surface area contributed by atoms with Crippen molar-refractivity contribution in [1.82, 2.24) is 4.90 Å². The number of carbonyl (C=O) groups is 2. The van der Waals surface area contributed by atoms with Crippen molar-refractivity contribution in [2.75, 3.05) is 0 Å². The van der Waals surface area contributed by atoms with E-state index in [2.05, 4.69) is 10.2 Å². The van der Waals surface area contributed by atoms with Gasteiger partial charge in [-0.15, -0.1) is 0 Å². The van der Waals surface area contributed by atoms with E-state index in [9.17, 15) is 14.7 Å². The van der Waals surface area contributed by atoms with E-state index in [-0.39, 0.29) is 28.3 Å². The van der Waals surface area contributed by atoms with Gasteiger partial charge in [-0.2, -0.15) is 10.2 Å². The van der Waals surface area contributed by atoms with Gasteiger partial charge in [0.15, 0.2) is 0 Å². The summed E-state index contributed by atoms with van der Waals surface area (Å²) in [5.41, 5.74) is 5.88. The smallest absolute Gasteiger partial charge is 0.293 e. The number of nitrogens with zero attached hydrogens (tertiary/aromatic N) is 3. The molecule has 0 bridgehead atoms. The number of aromatic hydroxyl groups is 1. The molecule has 1 aliphatic heterocycles. The normalized spacial score (nSPS) is 15.2. The number of aryl methyl sites for hydroxylation is 3. The number of phenolic OH excluding ortho intramolecular Hbond substituents is 1. The maximum atomic E-state index is 12.9. The average molecular weight is 458 g/mol. The van der Waals surface area contributed by atoms with Crippen LogP contribution in [0.25, 0.3) is 6.08 Å². The highest BCUT2D eigenvalue weighted by molar-refractivity contribution is 8.18. The van der Waals surface area contributed by atoms with Crippen molar-refractivity contribution in [3.8, 4) is 5.75 Å². The van der Waals surface area contributed by atoms with E-state index < -0.39 is 0 Å². The van der Waals surface area contributed by atoms with Crippen LogP contribution < -0.4 is 0 Å². The highest BCUT2D eigenvalue weighted by Crippen LogP contribution is 2.36. The Balaban J connectivity index is 1.56. The maximum Gasteiger partial charge on any atom is 0.293 e. The monoisotopic (exact) mass is 457 g/mol. The van der Waals surface area contributed by atoms with Gasteiger partial charge < -0.3 is 5.11 Å². The highest BCUT2D eigenvalue weighted by Gasteiger charge is 2.35. The second-order valence-corrected chi connectivity index (χ2v) is 8.90. The standard InChI is InChI=1S/C26H23N3O3S/c1-16-8-9-21(12-18(16)3)27-28-22-10-11-23(30)20(13-22)14-24-25(31)29(26(32)33-24)15-19-7-5-4-6-17(19)2/h4-14,30H,15H2,1-3H3/b24-14-,28-27?. The summed E-state index contributed by atoms with van der Waals surface area (Å²) >= 11 is 0.863. The van der Waals surface area contributed by atoms with Crippen molar-refractivity contribution in [1.29, 1.82) is 0 Å². The fourth-order valence-electron chi connectivity index (χ4n) is 3.36. The Morgan fingerprint density at radius 3 is 2.30 bits per heavy atom. The molecule has 33 heavy (non-hydrogen) atoms. The van der Waals surface area contributed by atoms with Crippen LogP contribution in [0.3, 0.4) is 0 Å². The number of azo groups is 1. The largest absolute Gasteiger partial charge is 0.507 e. The summed E-state index contributed by atoms with van der Waals surface area (Å²) in [5, 5.41) is 18.5. The lowest BCUT2D eigenvalue weighted by Crippen LogP contribution is -2.27. The summed E-state index contributed by atoms with van der Waals surface area (Å²) in [4.78, 5) is 26.9. The van der Waals surface area contributed by atoms with Gasteiger partial charge in [0.05, 0.1) is 22.8 Å². The predicted molar refractivity (Wildman–Crippen MR) is 131 cm³/mol. The zero-order chi connectivity index (χ0) is 23.5. The number of hydrogen-bond donors (Lipinski definition) is 1. The van der Waals surface area contributed by atoms with E-state index in [1.165, 1.54) is 22.6 Å². The molecular formula is C26H23N3O3S. The van der Waals surface area contributed by atoms with Crippen molar-refractivity contribution in [2.24, 2.45) is 10.2 Å². The molecule has 0 spiro atoms. The molecule has 0 unspecified atom stereocenters. The fourth-order valence-corrected chi connectivity index (χ4v) is 4.19. The van der Waals surface area contributed by atoms with E-state index in [0.717, 1.165) is 34.1 Å². The number of phenols is 1. The summed E-state index contributed by atoms with van der Waals surface area (Å²) < 4.78 is 0. The van der Waals surface area contributed by atoms with E-state index in [4.69, 9.17) is 0 Å². The lowest BCUT2D eigenvalue weighted by atomic mass is 10.1. The Labute approximate surface area is 196 Å². The minimum absolute atomic E-state index is 0.00849. The lowest BCUT2D eigenvalue weighted by Gasteiger charge is -2.14. The van der Waals surface area contributed by atoms with Gasteiger partial charge in [0.25, 0.3) is 11.1 Å². The molecule has 1 fully saturated rings. The van der Waals surface area contributed by atoms with Crippen LogP contribution >= 0.6 is 11.8 Å². The molecular weight excluding hydrogens is 434 g/mol. The van der Waals surface area contributed by atoms with Crippen LogP contribution in [-0.2, 0) is 11.3 Å². The van der Waals surface area contributed by atoms with Crippen molar-refractivity contribution >= 4 is 40.4 Å². The molecule has 1 N–H and O–H groups in total. The number of benzene rings is 3. The third kappa shape index (κ3) is 5.04. The van der Waals surface area contributed by atoms with Crippen molar-refractivity contribution < 1.29 is 14.7 Å². The first-order chi connectivity index (χ1) is 15.8. The van der Waals surface area contributed by atoms with Gasteiger partial charge in [-0.05, 0) is 91.2 Å². The molecule has 0 atom stereocenters. The van der Waals surface area contributed by atoms with Crippen molar-refractivity contribution in [3.63, 3.8) is 0 Å². The molecule has 1 aliphatic rings. The van der Waals surface area contributed by atoms with Crippen LogP contribution in [0.15, 0.2) is 75.8 Å². The quantitative estimate of drug-likeness (QED) is 0.331. The van der Waals surface area contributed by atoms with Crippen LogP contribution in [0.1, 0.15) is 27.8 Å². The second-order valence-electron chi connectivity index (χ2n) is 7.91. The Hall–Kier alpha value is -3.71. The minimum atomic E-state index is -0.380. The average Bonchev–Trinajstić information content (AvgIpc) is 3.05. The first kappa shape index (κ1) is 22.5. The zero-order valence-electron chi connectivity index (χ0n) is 18.6. The Morgan fingerprint density at radius 1 is 0.879 bits per heavy atom. The molecule has 0 radical (unpaired) electrons. The highest BCUT2D eigenvalue weighted by atomic mass is 32.2. The Kier molecular flexibility index (Phi) is 6.42. The molecule has 1 heterocycles. The molecule has 6 nitrogen and oxygen atoms in total. The van der Waals surface area contributed by atoms with Crippen LogP contribution in [0.4, 0.5) is 16.2 Å². The number of amides is 2. The van der Waals surface area contributed by atoms with Gasteiger partial charge in [0.2, 0.25) is 0 Å². The molecule has 1 saturated heterocycles. The summed E-state index contributed by atoms with van der Waals surface area (Å²) in [6, 6.07) is 18.2. The van der Waals surface area contributed by atoms with Crippen LogP contribution in [0.5, 0.6) is 5.75 Å². The van der Waals surface area contributed by atoms with E-state index in [0.29, 0.717) is 11.3 Å². The number of rotatable bonds is 5. The van der Waals surface area contributed by atoms with E-state index >= 15 is 0 Å². The van der Waals surface area contributed by atoms with Gasteiger partial charge in [-0.3, -0.25) is 14.5 Å². The Bertz CT molecular complexity index is 1310. The third-order valence-corrected chi connectivity index (χ3v) is 6.44. The van der Waals surface area contributed by atoms with Crippen LogP contribution in [0.2, 0.25) is 0 Å². The number of imide groups is 1. The molecule has 166 valence electrons. The van der Waals surface area contributed by atoms with Crippen LogP contribution in [-0.4, -0.2) is 21.2 Å². The predicted octanol–water partition coefficient (Wildman–Crippen LogP) is 6.97. The summed E-state index contributed by atoms with van der Waals surface area (Å²) in [6.45, 7) is 6.20. The summed E-state index contributed by atoms with van der Waals surface area (Å²) in [6.07, 6.45) is 1.52. The molecule has 0 saturated carbocycles. The van der Waals surface area contributed by atoms with Gasteiger partial charge in [0, 0.05) is 5.56 Å². The Morgan fingerprint density at radius 2 is 1.58 bits per heavy atom. The number of carbonyl (C=O) groups excluding carboxylic acids is 2. The number of thioether (sulfide) groups is 1. The molecule has 7 heteroatoms. The second kappa shape index (κ2) is 9.42. The van der Waals surface area contributed by atoms with Crippen molar-refractivity contribution in [2.45, 2.75) is 27.3 Å². The summed E-state index contributed by atoms with van der Waals surface area (Å²) in [5.74, 6) is -0.388. The zero-order valence-corrected chi connectivity index (χ0v) is 19.4. The molecule has 0 aromatic heterocycles. The molecule has 3 aromatic carbocycles. The fraction of sp³-hybridized carbons (Fsp3) is 0.154. The van der Waals surface area contributed by atoms with Crippen molar-refractivity contribution in [3.05, 3.63) is 93.4 Å². The van der Waals surface area contributed by atoms with E-state index in [1.807, 2.05) is 63.2 Å². The lowest BCUT2D eigenvalue weighted by molar-refractivity contribution is -0.123. The molecule has 3 aromatic rings. The van der Waals surface area contributed by atoms with Crippen LogP contribution in [0, 0.1) is 20.8 Å². The maximum absolute atomic E-state index is 12.9. The summed E-state index contributed by atoms with van der Waals surface area (Å²) in [7, 11) is 0. The molecule has 4 rings (SSSR count). The minimum Gasteiger partial charge on any atom is -0.507 e. The van der Waals surface area contributed by atoms with Gasteiger partial charge >= 0.3 is 0 Å². The molecule has 2 amide bonds. The SMILES string of the molecule is Cc1ccc(N=Nc2ccc(O)c(/C=C3\SC(=O)N(Cc4ccccc4C)C3=O)c2)cc1C. The topological polar surface area (TPSA) is 82.3 Å². The van der Waals surface area contributed by atoms with Gasteiger partial charge in [-0.1, -0.05) is 30.3 Å². The van der Waals surface area contributed by atoms with Gasteiger partial charge in [-0.25, -0.2) is 0 Å². The first-order valence-corrected chi connectivity index (χ1v) is 11.3. The number of hydrogen-bond acceptors (Lipinski definition) is 6. The molecule has 0 aliphatic carbocycles.